The first-order valence-electron chi connectivity index (χ1n) is 13.5. The Morgan fingerprint density at radius 2 is 0.732 bits per heavy atom. The van der Waals surface area contributed by atoms with Crippen LogP contribution in [0, 0.1) is 0 Å². The highest BCUT2D eigenvalue weighted by Crippen LogP contribution is 2.39. The highest BCUT2D eigenvalue weighted by Gasteiger charge is 2.30. The Balaban J connectivity index is 1.48. The predicted octanol–water partition coefficient (Wildman–Crippen LogP) is 4.20. The third kappa shape index (κ3) is 2.84. The number of aliphatic imine (C=N–C) groups is 4. The minimum Gasteiger partial charge on any atom is -0.386 e. The van der Waals surface area contributed by atoms with Gasteiger partial charge in [0.1, 0.15) is 22.6 Å². The fraction of sp³-hybridized carbons (Fsp3) is 0. The quantitative estimate of drug-likeness (QED) is 0.259. The van der Waals surface area contributed by atoms with Gasteiger partial charge < -0.3 is 7.10 Å². The zero-order valence-corrected chi connectivity index (χ0v) is 22.9. The van der Waals surface area contributed by atoms with E-state index < -0.39 is 15.7 Å². The molecule has 2 aromatic heterocycles. The average Bonchev–Trinajstić information content (AvgIpc) is 3.72. The SMILES string of the molecule is c1ccc2c(c1)C1=NC2=Nc2c3ccccc3c3[n]2[AlH][n]2c(c4ccccc4c2=NC2=NC(=N3)c3ccccc32)=N1. The molecule has 9 heteroatoms. The van der Waals surface area contributed by atoms with Crippen molar-refractivity contribution in [1.29, 1.82) is 0 Å². The van der Waals surface area contributed by atoms with Crippen LogP contribution in [0.5, 0.6) is 0 Å². The first-order valence-corrected chi connectivity index (χ1v) is 14.8. The summed E-state index contributed by atoms with van der Waals surface area (Å²) in [5, 5.41) is 4.16. The van der Waals surface area contributed by atoms with E-state index in [2.05, 4.69) is 79.9 Å². The van der Waals surface area contributed by atoms with Crippen LogP contribution in [-0.2, 0) is 0 Å². The molecule has 0 spiro atoms. The van der Waals surface area contributed by atoms with E-state index in [1.54, 1.807) is 0 Å². The number of nitrogens with zero attached hydrogens (tertiary/aromatic N) is 8. The van der Waals surface area contributed by atoms with Crippen LogP contribution in [0.25, 0.3) is 21.5 Å². The number of benzene rings is 4. The van der Waals surface area contributed by atoms with Crippen molar-refractivity contribution in [2.45, 2.75) is 0 Å². The number of rotatable bonds is 0. The lowest BCUT2D eigenvalue weighted by Crippen LogP contribution is -2.36. The molecular weight excluding hydrogens is 523 g/mol. The summed E-state index contributed by atoms with van der Waals surface area (Å²) in [5.74, 6) is 4.40. The summed E-state index contributed by atoms with van der Waals surface area (Å²) < 4.78 is 4.59. The van der Waals surface area contributed by atoms with Crippen LogP contribution in [0.1, 0.15) is 22.3 Å². The average molecular weight is 541 g/mol. The molecule has 0 radical (unpaired) electrons. The maximum atomic E-state index is 5.26. The summed E-state index contributed by atoms with van der Waals surface area (Å²) in [6, 6.07) is 33.1. The fourth-order valence-electron chi connectivity index (χ4n) is 6.35. The second-order valence-corrected chi connectivity index (χ2v) is 12.0. The highest BCUT2D eigenvalue weighted by molar-refractivity contribution is 6.37. The smallest absolute Gasteiger partial charge is 0.386 e. The van der Waals surface area contributed by atoms with E-state index in [0.717, 1.165) is 66.4 Å². The Hall–Kier alpha value is -5.23. The van der Waals surface area contributed by atoms with Crippen molar-refractivity contribution in [1.82, 2.24) is 7.10 Å². The van der Waals surface area contributed by atoms with E-state index in [1.165, 1.54) is 0 Å². The van der Waals surface area contributed by atoms with Crippen LogP contribution in [0.15, 0.2) is 127 Å². The van der Waals surface area contributed by atoms with Crippen molar-refractivity contribution in [3.63, 3.8) is 0 Å². The summed E-state index contributed by atoms with van der Waals surface area (Å²) in [6.07, 6.45) is 0. The monoisotopic (exact) mass is 540 g/mol. The van der Waals surface area contributed by atoms with Crippen molar-refractivity contribution in [2.24, 2.45) is 30.0 Å². The predicted molar refractivity (Wildman–Crippen MR) is 162 cm³/mol. The molecule has 6 bridgehead atoms. The normalized spacial score (nSPS) is 15.5. The summed E-state index contributed by atoms with van der Waals surface area (Å²) in [6.45, 7) is 0. The maximum absolute atomic E-state index is 5.26. The van der Waals surface area contributed by atoms with Crippen LogP contribution in [0.2, 0.25) is 0 Å². The van der Waals surface area contributed by atoms with E-state index in [-0.39, 0.29) is 0 Å². The lowest BCUT2D eigenvalue weighted by Gasteiger charge is -2.11. The zero-order valence-electron chi connectivity index (χ0n) is 21.5. The zero-order chi connectivity index (χ0) is 26.7. The molecule has 0 N–H and O–H groups in total. The number of hydrogen-bond acceptors (Lipinski definition) is 6. The molecule has 8 nitrogen and oxygen atoms in total. The van der Waals surface area contributed by atoms with Gasteiger partial charge in [-0.1, -0.05) is 97.1 Å². The van der Waals surface area contributed by atoms with Crippen LogP contribution in [0.4, 0.5) is 11.6 Å². The highest BCUT2D eigenvalue weighted by atomic mass is 27.1. The van der Waals surface area contributed by atoms with Crippen molar-refractivity contribution in [3.8, 4) is 0 Å². The van der Waals surface area contributed by atoms with Crippen LogP contribution < -0.4 is 11.0 Å². The lowest BCUT2D eigenvalue weighted by molar-refractivity contribution is 0.992. The van der Waals surface area contributed by atoms with Gasteiger partial charge in [-0.15, -0.1) is 0 Å². The van der Waals surface area contributed by atoms with E-state index in [4.69, 9.17) is 30.0 Å². The molecule has 188 valence electrons. The molecule has 0 amide bonds. The summed E-state index contributed by atoms with van der Waals surface area (Å²) in [7, 11) is 0. The second-order valence-electron chi connectivity index (χ2n) is 10.4. The topological polar surface area (TPSA) is 84.0 Å². The van der Waals surface area contributed by atoms with E-state index in [1.807, 2.05) is 24.3 Å². The number of hydrogen-bond donors (Lipinski definition) is 0. The first kappa shape index (κ1) is 21.6. The van der Waals surface area contributed by atoms with Crippen LogP contribution in [-0.4, -0.2) is 46.1 Å². The van der Waals surface area contributed by atoms with Gasteiger partial charge in [0.15, 0.2) is 23.3 Å². The van der Waals surface area contributed by atoms with Gasteiger partial charge in [-0.3, -0.25) is 0 Å². The van der Waals surface area contributed by atoms with E-state index >= 15 is 0 Å². The van der Waals surface area contributed by atoms with Gasteiger partial charge in [0.05, 0.1) is 0 Å². The summed E-state index contributed by atoms with van der Waals surface area (Å²) in [5.41, 5.74) is 5.64. The molecule has 0 fully saturated rings. The molecular formula is C32H17AlN8. The number of aromatic nitrogens is 2. The van der Waals surface area contributed by atoms with Gasteiger partial charge in [0.25, 0.3) is 0 Å². The summed E-state index contributed by atoms with van der Waals surface area (Å²) in [4.78, 5) is 31.0. The molecule has 41 heavy (non-hydrogen) atoms. The van der Waals surface area contributed by atoms with E-state index in [9.17, 15) is 0 Å². The number of amidine groups is 4. The Kier molecular flexibility index (Phi) is 4.05. The Bertz CT molecular complexity index is 2290. The van der Waals surface area contributed by atoms with Crippen molar-refractivity contribution in [3.05, 3.63) is 130 Å². The molecule has 0 unspecified atom stereocenters. The molecule has 4 aromatic carbocycles. The first-order chi connectivity index (χ1) is 20.3. The molecule has 0 saturated carbocycles. The Labute approximate surface area is 239 Å². The summed E-state index contributed by atoms with van der Waals surface area (Å²) >= 11 is -1.35. The molecule has 0 aliphatic carbocycles. The minimum absolute atomic E-state index is 0.671. The second kappa shape index (κ2) is 7.70. The Morgan fingerprint density at radius 3 is 1.17 bits per heavy atom. The maximum Gasteiger partial charge on any atom is 0.563 e. The fourth-order valence-corrected chi connectivity index (χ4v) is 8.13. The molecule has 6 aromatic rings. The Morgan fingerprint density at radius 1 is 0.366 bits per heavy atom. The van der Waals surface area contributed by atoms with Gasteiger partial charge in [-0.05, 0) is 0 Å². The van der Waals surface area contributed by atoms with Gasteiger partial charge in [-0.2, -0.15) is 0 Å². The molecule has 0 saturated heterocycles. The standard InChI is InChI=1S/C32H16N8.Al.H/c1-2-10-18-17(9-1)25-33-26(18)38-28-21-13-5-6-14-22(21)30(35-28)40-32-24-16-8-7-15-23(24)31(36-32)39-29-20-12-4-3-11-19(20)27(34-29)37-25;;/h1-16H;;/q-2;+2;. The molecule has 6 heterocycles. The van der Waals surface area contributed by atoms with Gasteiger partial charge in [0.2, 0.25) is 0 Å². The van der Waals surface area contributed by atoms with Gasteiger partial charge in [-0.25, -0.2) is 30.0 Å². The molecule has 0 atom stereocenters. The van der Waals surface area contributed by atoms with E-state index in [0.29, 0.717) is 23.3 Å². The van der Waals surface area contributed by atoms with Crippen molar-refractivity contribution >= 4 is 72.2 Å². The van der Waals surface area contributed by atoms with Crippen molar-refractivity contribution < 1.29 is 0 Å². The molecule has 4 aliphatic heterocycles. The molecule has 4 aliphatic rings. The van der Waals surface area contributed by atoms with Gasteiger partial charge in [0, 0.05) is 43.8 Å². The van der Waals surface area contributed by atoms with Crippen molar-refractivity contribution in [2.75, 3.05) is 0 Å². The lowest BCUT2D eigenvalue weighted by atomic mass is 10.1. The minimum atomic E-state index is -1.35. The van der Waals surface area contributed by atoms with Crippen LogP contribution >= 0.6 is 0 Å². The third-order valence-electron chi connectivity index (χ3n) is 8.21. The molecule has 10 rings (SSSR count). The number of fused-ring (bicyclic) bond motifs is 14. The van der Waals surface area contributed by atoms with Crippen LogP contribution in [0.3, 0.4) is 0 Å². The van der Waals surface area contributed by atoms with Gasteiger partial charge >= 0.3 is 15.7 Å². The third-order valence-corrected chi connectivity index (χ3v) is 9.98. The largest absolute Gasteiger partial charge is 0.563 e.